The zero-order chi connectivity index (χ0) is 7.03. The summed E-state index contributed by atoms with van der Waals surface area (Å²) >= 11 is 0. The lowest BCUT2D eigenvalue weighted by atomic mass is 9.74. The van der Waals surface area contributed by atoms with Crippen molar-refractivity contribution < 1.29 is 9.53 Å². The minimum absolute atomic E-state index is 0.0156. The van der Waals surface area contributed by atoms with Crippen molar-refractivity contribution in [2.24, 2.45) is 5.41 Å². The Morgan fingerprint density at radius 2 is 2.10 bits per heavy atom. The molecular weight excluding hydrogens is 130 g/mol. The summed E-state index contributed by atoms with van der Waals surface area (Å²) in [5, 5.41) is 2.77. The van der Waals surface area contributed by atoms with Gasteiger partial charge < -0.3 is 10.1 Å². The van der Waals surface area contributed by atoms with Gasteiger partial charge in [0.25, 0.3) is 0 Å². The van der Waals surface area contributed by atoms with Crippen molar-refractivity contribution in [2.75, 3.05) is 19.8 Å². The summed E-state index contributed by atoms with van der Waals surface area (Å²) in [7, 11) is 0. The van der Waals surface area contributed by atoms with E-state index in [2.05, 4.69) is 5.32 Å². The standard InChI is InChI=1S/C7H11NO2/c9-6-7(5-8-6)1-3-10-4-2-7/h1-5H2,(H,8,9). The van der Waals surface area contributed by atoms with Crippen molar-refractivity contribution >= 4 is 5.91 Å². The van der Waals surface area contributed by atoms with Crippen LogP contribution < -0.4 is 5.32 Å². The molecule has 1 spiro atoms. The Labute approximate surface area is 59.7 Å². The number of hydrogen-bond acceptors (Lipinski definition) is 2. The van der Waals surface area contributed by atoms with Gasteiger partial charge in [-0.3, -0.25) is 4.79 Å². The van der Waals surface area contributed by atoms with Gasteiger partial charge in [0.2, 0.25) is 5.91 Å². The fourth-order valence-electron chi connectivity index (χ4n) is 1.58. The Morgan fingerprint density at radius 3 is 2.40 bits per heavy atom. The van der Waals surface area contributed by atoms with E-state index in [1.54, 1.807) is 0 Å². The zero-order valence-electron chi connectivity index (χ0n) is 5.85. The highest BCUT2D eigenvalue weighted by atomic mass is 16.5. The maximum Gasteiger partial charge on any atom is 0.228 e. The average molecular weight is 141 g/mol. The third kappa shape index (κ3) is 0.669. The van der Waals surface area contributed by atoms with Crippen LogP contribution in [-0.4, -0.2) is 25.7 Å². The van der Waals surface area contributed by atoms with E-state index in [0.29, 0.717) is 0 Å². The first-order valence-electron chi connectivity index (χ1n) is 3.70. The van der Waals surface area contributed by atoms with Crippen LogP contribution in [0.15, 0.2) is 0 Å². The molecule has 2 aliphatic heterocycles. The first-order valence-corrected chi connectivity index (χ1v) is 3.70. The third-order valence-corrected chi connectivity index (χ3v) is 2.52. The van der Waals surface area contributed by atoms with Crippen LogP contribution in [0.4, 0.5) is 0 Å². The van der Waals surface area contributed by atoms with Gasteiger partial charge in [-0.25, -0.2) is 0 Å². The Kier molecular flexibility index (Phi) is 1.20. The van der Waals surface area contributed by atoms with Gasteiger partial charge in [-0.05, 0) is 12.8 Å². The second-order valence-electron chi connectivity index (χ2n) is 3.08. The van der Waals surface area contributed by atoms with E-state index >= 15 is 0 Å². The highest BCUT2D eigenvalue weighted by Gasteiger charge is 2.46. The van der Waals surface area contributed by atoms with Crippen LogP contribution in [0.5, 0.6) is 0 Å². The van der Waals surface area contributed by atoms with E-state index < -0.39 is 0 Å². The topological polar surface area (TPSA) is 38.3 Å². The van der Waals surface area contributed by atoms with E-state index in [1.807, 2.05) is 0 Å². The monoisotopic (exact) mass is 141 g/mol. The number of nitrogens with one attached hydrogen (secondary N) is 1. The molecule has 0 aromatic heterocycles. The maximum absolute atomic E-state index is 11.0. The molecule has 0 bridgehead atoms. The molecule has 2 heterocycles. The number of carbonyl (C=O) groups excluding carboxylic acids is 1. The molecule has 1 N–H and O–H groups in total. The molecule has 56 valence electrons. The van der Waals surface area contributed by atoms with Crippen molar-refractivity contribution in [1.82, 2.24) is 5.32 Å². The molecule has 3 nitrogen and oxygen atoms in total. The second-order valence-corrected chi connectivity index (χ2v) is 3.08. The highest BCUT2D eigenvalue weighted by molar-refractivity contribution is 5.88. The SMILES string of the molecule is O=C1NCC12CCOCC2. The highest BCUT2D eigenvalue weighted by Crippen LogP contribution is 2.34. The maximum atomic E-state index is 11.0. The molecule has 0 unspecified atom stereocenters. The summed E-state index contributed by atoms with van der Waals surface area (Å²) in [5.74, 6) is 0.232. The molecule has 2 aliphatic rings. The van der Waals surface area contributed by atoms with Crippen LogP contribution in [0.25, 0.3) is 0 Å². The summed E-state index contributed by atoms with van der Waals surface area (Å²) in [6, 6.07) is 0. The number of ether oxygens (including phenoxy) is 1. The van der Waals surface area contributed by atoms with Crippen LogP contribution in [0.1, 0.15) is 12.8 Å². The van der Waals surface area contributed by atoms with Crippen LogP contribution in [0, 0.1) is 5.41 Å². The van der Waals surface area contributed by atoms with Crippen molar-refractivity contribution in [3.05, 3.63) is 0 Å². The van der Waals surface area contributed by atoms with Gasteiger partial charge >= 0.3 is 0 Å². The summed E-state index contributed by atoms with van der Waals surface area (Å²) in [6.45, 7) is 2.38. The molecule has 0 radical (unpaired) electrons. The molecule has 3 heteroatoms. The molecular formula is C7H11NO2. The normalized spacial score (nSPS) is 29.4. The minimum atomic E-state index is -0.0156. The predicted octanol–water partition coefficient (Wildman–Crippen LogP) is -0.0870. The van der Waals surface area contributed by atoms with Gasteiger partial charge in [0, 0.05) is 19.8 Å². The van der Waals surface area contributed by atoms with Crippen molar-refractivity contribution in [3.63, 3.8) is 0 Å². The fraction of sp³-hybridized carbons (Fsp3) is 0.857. The van der Waals surface area contributed by atoms with Crippen LogP contribution in [-0.2, 0) is 9.53 Å². The van der Waals surface area contributed by atoms with Gasteiger partial charge in [0.15, 0.2) is 0 Å². The Morgan fingerprint density at radius 1 is 1.40 bits per heavy atom. The van der Waals surface area contributed by atoms with E-state index in [1.165, 1.54) is 0 Å². The quantitative estimate of drug-likeness (QED) is 0.479. The number of hydrogen-bond donors (Lipinski definition) is 1. The first kappa shape index (κ1) is 6.16. The van der Waals surface area contributed by atoms with Gasteiger partial charge in [-0.15, -0.1) is 0 Å². The van der Waals surface area contributed by atoms with Gasteiger partial charge in [-0.1, -0.05) is 0 Å². The van der Waals surface area contributed by atoms with Gasteiger partial charge in [-0.2, -0.15) is 0 Å². The number of β-lactam (4-membered cyclic amide) rings is 1. The lowest BCUT2D eigenvalue weighted by molar-refractivity contribution is -0.147. The Balaban J connectivity index is 2.06. The molecule has 2 fully saturated rings. The van der Waals surface area contributed by atoms with Crippen LogP contribution in [0.2, 0.25) is 0 Å². The summed E-state index contributed by atoms with van der Waals surface area (Å²) in [4.78, 5) is 11.0. The van der Waals surface area contributed by atoms with E-state index in [0.717, 1.165) is 32.6 Å². The molecule has 1 amide bonds. The largest absolute Gasteiger partial charge is 0.381 e. The molecule has 0 atom stereocenters. The third-order valence-electron chi connectivity index (χ3n) is 2.52. The van der Waals surface area contributed by atoms with Crippen molar-refractivity contribution in [2.45, 2.75) is 12.8 Å². The van der Waals surface area contributed by atoms with Crippen LogP contribution >= 0.6 is 0 Å². The summed E-state index contributed by atoms with van der Waals surface area (Å²) in [6.07, 6.45) is 1.83. The molecule has 0 aliphatic carbocycles. The summed E-state index contributed by atoms with van der Waals surface area (Å²) in [5.41, 5.74) is -0.0156. The smallest absolute Gasteiger partial charge is 0.228 e. The van der Waals surface area contributed by atoms with Crippen molar-refractivity contribution in [1.29, 1.82) is 0 Å². The Hall–Kier alpha value is -0.570. The molecule has 2 saturated heterocycles. The van der Waals surface area contributed by atoms with Gasteiger partial charge in [0.1, 0.15) is 0 Å². The lowest BCUT2D eigenvalue weighted by Crippen LogP contribution is -2.60. The van der Waals surface area contributed by atoms with E-state index in [4.69, 9.17) is 4.74 Å². The molecule has 2 rings (SSSR count). The van der Waals surface area contributed by atoms with E-state index in [-0.39, 0.29) is 11.3 Å². The number of rotatable bonds is 0. The van der Waals surface area contributed by atoms with E-state index in [9.17, 15) is 4.79 Å². The van der Waals surface area contributed by atoms with Crippen LogP contribution in [0.3, 0.4) is 0 Å². The lowest BCUT2D eigenvalue weighted by Gasteiger charge is -2.43. The summed E-state index contributed by atoms with van der Waals surface area (Å²) < 4.78 is 5.17. The van der Waals surface area contributed by atoms with Gasteiger partial charge in [0.05, 0.1) is 5.41 Å². The molecule has 0 saturated carbocycles. The zero-order valence-corrected chi connectivity index (χ0v) is 5.85. The molecule has 0 aromatic rings. The second kappa shape index (κ2) is 1.95. The molecule has 0 aromatic carbocycles. The predicted molar refractivity (Wildman–Crippen MR) is 35.5 cm³/mol. The number of carbonyl (C=O) groups is 1. The first-order chi connectivity index (χ1) is 4.83. The fourth-order valence-corrected chi connectivity index (χ4v) is 1.58. The molecule has 10 heavy (non-hydrogen) atoms. The van der Waals surface area contributed by atoms with Crippen molar-refractivity contribution in [3.8, 4) is 0 Å². The average Bonchev–Trinajstić information content (AvgIpc) is 2.04. The minimum Gasteiger partial charge on any atom is -0.381 e. The Bertz CT molecular complexity index is 161. The number of amides is 1.